The number of hydrogen-bond donors (Lipinski definition) is 1. The fourth-order valence-corrected chi connectivity index (χ4v) is 5.59. The van der Waals surface area contributed by atoms with Gasteiger partial charge in [0.1, 0.15) is 6.10 Å². The number of allylic oxidation sites excluding steroid dienone is 3. The lowest BCUT2D eigenvalue weighted by molar-refractivity contribution is -0.134. The molecular formula is C29H49NO5Si. The third-order valence-electron chi connectivity index (χ3n) is 8.00. The second kappa shape index (κ2) is 13.6. The Morgan fingerprint density at radius 2 is 1.69 bits per heavy atom. The molecule has 1 fully saturated rings. The number of imide groups is 1. The fourth-order valence-electron chi connectivity index (χ4n) is 4.21. The van der Waals surface area contributed by atoms with Gasteiger partial charge in [0, 0.05) is 31.8 Å². The second-order valence-corrected chi connectivity index (χ2v) is 16.7. The summed E-state index contributed by atoms with van der Waals surface area (Å²) in [7, 11) is -0.365. The summed E-state index contributed by atoms with van der Waals surface area (Å²) in [5.41, 5.74) is 1.13. The average Bonchev–Trinajstić information content (AvgIpc) is 2.76. The van der Waals surface area contributed by atoms with Crippen molar-refractivity contribution in [2.75, 3.05) is 7.11 Å². The molecule has 1 aliphatic rings. The summed E-state index contributed by atoms with van der Waals surface area (Å²) in [5.74, 6) is -0.557. The lowest BCUT2D eigenvalue weighted by atomic mass is 9.83. The number of piperidine rings is 1. The van der Waals surface area contributed by atoms with Gasteiger partial charge in [0.15, 0.2) is 14.1 Å². The Labute approximate surface area is 220 Å². The first-order valence-electron chi connectivity index (χ1n) is 13.1. The predicted molar refractivity (Wildman–Crippen MR) is 149 cm³/mol. The summed E-state index contributed by atoms with van der Waals surface area (Å²) < 4.78 is 12.5. The van der Waals surface area contributed by atoms with Crippen molar-refractivity contribution in [2.45, 2.75) is 98.1 Å². The molecule has 7 heteroatoms. The molecule has 36 heavy (non-hydrogen) atoms. The predicted octanol–water partition coefficient (Wildman–Crippen LogP) is 6.00. The van der Waals surface area contributed by atoms with Crippen molar-refractivity contribution in [1.82, 2.24) is 5.32 Å². The minimum atomic E-state index is -2.05. The number of hydrogen-bond acceptors (Lipinski definition) is 5. The van der Waals surface area contributed by atoms with Gasteiger partial charge in [0.2, 0.25) is 11.8 Å². The van der Waals surface area contributed by atoms with Crippen molar-refractivity contribution in [3.63, 3.8) is 0 Å². The molecule has 0 radical (unpaired) electrons. The number of ether oxygens (including phenoxy) is 1. The summed E-state index contributed by atoms with van der Waals surface area (Å²) >= 11 is 0. The highest BCUT2D eigenvalue weighted by Crippen LogP contribution is 2.39. The lowest BCUT2D eigenvalue weighted by Gasteiger charge is -2.42. The van der Waals surface area contributed by atoms with E-state index in [1.807, 2.05) is 6.92 Å². The van der Waals surface area contributed by atoms with Gasteiger partial charge in [-0.3, -0.25) is 19.7 Å². The zero-order valence-corrected chi connectivity index (χ0v) is 25.1. The Balaban J connectivity index is 2.92. The molecule has 204 valence electrons. The van der Waals surface area contributed by atoms with Crippen LogP contribution >= 0.6 is 0 Å². The van der Waals surface area contributed by atoms with Crippen molar-refractivity contribution in [1.29, 1.82) is 0 Å². The van der Waals surface area contributed by atoms with Crippen molar-refractivity contribution in [2.24, 2.45) is 23.7 Å². The van der Waals surface area contributed by atoms with Crippen LogP contribution in [0.2, 0.25) is 18.1 Å². The van der Waals surface area contributed by atoms with E-state index in [0.29, 0.717) is 19.3 Å². The Morgan fingerprint density at radius 1 is 1.14 bits per heavy atom. The molecule has 0 saturated carbocycles. The number of rotatable bonds is 13. The second-order valence-electron chi connectivity index (χ2n) is 11.9. The highest BCUT2D eigenvalue weighted by molar-refractivity contribution is 6.74. The molecule has 1 aliphatic heterocycles. The highest BCUT2D eigenvalue weighted by atomic mass is 28.4. The largest absolute Gasteiger partial charge is 0.410 e. The quantitative estimate of drug-likeness (QED) is 0.140. The smallest absolute Gasteiger partial charge is 0.226 e. The van der Waals surface area contributed by atoms with E-state index >= 15 is 0 Å². The van der Waals surface area contributed by atoms with Crippen molar-refractivity contribution in [3.05, 3.63) is 36.5 Å². The van der Waals surface area contributed by atoms with Gasteiger partial charge in [-0.25, -0.2) is 0 Å². The molecule has 6 nitrogen and oxygen atoms in total. The zero-order chi connectivity index (χ0) is 27.8. The Morgan fingerprint density at radius 3 is 2.17 bits per heavy atom. The van der Waals surface area contributed by atoms with E-state index in [4.69, 9.17) is 9.16 Å². The first-order valence-corrected chi connectivity index (χ1v) is 16.0. The third-order valence-corrected chi connectivity index (χ3v) is 12.5. The van der Waals surface area contributed by atoms with Crippen LogP contribution in [0, 0.1) is 23.7 Å². The standard InChI is InChI=1S/C29H49NO5Si/c1-12-25(34-9)28(35-36(10,11)29(6,7)8)20(3)16-19(2)21(4)22(5)24(31)15-13-14-23-17-26(32)30-27(33)18-23/h12-13,15-16,20-23,25,28H,1,14,17-18H2,2-11H3,(H,30,32,33)/b15-13+,19-16-/t20-,21+,22+,25+,28+/m1/s1. The molecule has 0 unspecified atom stereocenters. The molecular weight excluding hydrogens is 470 g/mol. The lowest BCUT2D eigenvalue weighted by Crippen LogP contribution is -2.49. The zero-order valence-electron chi connectivity index (χ0n) is 24.1. The van der Waals surface area contributed by atoms with E-state index < -0.39 is 8.32 Å². The summed E-state index contributed by atoms with van der Waals surface area (Å²) in [6.07, 6.45) is 8.21. The number of amides is 2. The maximum absolute atomic E-state index is 12.9. The van der Waals surface area contributed by atoms with Gasteiger partial charge in [-0.15, -0.1) is 6.58 Å². The van der Waals surface area contributed by atoms with Crippen LogP contribution in [0.5, 0.6) is 0 Å². The van der Waals surface area contributed by atoms with Crippen LogP contribution < -0.4 is 5.32 Å². The molecule has 2 amide bonds. The van der Waals surface area contributed by atoms with Crippen LogP contribution in [0.3, 0.4) is 0 Å². The summed E-state index contributed by atoms with van der Waals surface area (Å²) in [5, 5.41) is 2.38. The van der Waals surface area contributed by atoms with Gasteiger partial charge in [0.05, 0.1) is 6.10 Å². The third kappa shape index (κ3) is 9.24. The topological polar surface area (TPSA) is 81.7 Å². The maximum atomic E-state index is 12.9. The molecule has 0 aromatic rings. The van der Waals surface area contributed by atoms with E-state index in [2.05, 4.69) is 72.6 Å². The highest BCUT2D eigenvalue weighted by Gasteiger charge is 2.41. The van der Waals surface area contributed by atoms with E-state index in [0.717, 1.165) is 5.57 Å². The number of methoxy groups -OCH3 is 1. The molecule has 0 bridgehead atoms. The van der Waals surface area contributed by atoms with Crippen LogP contribution in [-0.2, 0) is 23.5 Å². The molecule has 0 aliphatic carbocycles. The summed E-state index contributed by atoms with van der Waals surface area (Å²) in [6.45, 7) is 23.3. The van der Waals surface area contributed by atoms with Crippen LogP contribution in [0.4, 0.5) is 0 Å². The Kier molecular flexibility index (Phi) is 12.2. The van der Waals surface area contributed by atoms with Gasteiger partial charge in [0.25, 0.3) is 0 Å². The van der Waals surface area contributed by atoms with E-state index in [1.165, 1.54) is 0 Å². The Bertz CT molecular complexity index is 838. The van der Waals surface area contributed by atoms with E-state index in [-0.39, 0.29) is 58.5 Å². The van der Waals surface area contributed by atoms with Gasteiger partial charge in [-0.1, -0.05) is 65.3 Å². The molecule has 1 rings (SSSR count). The van der Waals surface area contributed by atoms with Crippen LogP contribution in [0.25, 0.3) is 0 Å². The summed E-state index contributed by atoms with van der Waals surface area (Å²) in [4.78, 5) is 36.0. The first-order chi connectivity index (χ1) is 16.5. The molecule has 5 atom stereocenters. The Hall–Kier alpha value is -1.83. The number of carbonyl (C=O) groups excluding carboxylic acids is 3. The van der Waals surface area contributed by atoms with E-state index in [1.54, 1.807) is 25.3 Å². The van der Waals surface area contributed by atoms with Crippen LogP contribution in [0.1, 0.15) is 67.7 Å². The molecule has 1 saturated heterocycles. The van der Waals surface area contributed by atoms with Gasteiger partial charge in [-0.2, -0.15) is 0 Å². The normalized spacial score (nSPS) is 20.6. The summed E-state index contributed by atoms with van der Waals surface area (Å²) in [6, 6.07) is 0. The monoisotopic (exact) mass is 519 g/mol. The minimum absolute atomic E-state index is 0.0399. The number of carbonyl (C=O) groups is 3. The first kappa shape index (κ1) is 32.2. The van der Waals surface area contributed by atoms with Gasteiger partial charge in [-0.05, 0) is 49.4 Å². The molecule has 0 aromatic carbocycles. The van der Waals surface area contributed by atoms with Gasteiger partial charge >= 0.3 is 0 Å². The van der Waals surface area contributed by atoms with Crippen molar-refractivity contribution < 1.29 is 23.5 Å². The minimum Gasteiger partial charge on any atom is -0.410 e. The molecule has 0 spiro atoms. The van der Waals surface area contributed by atoms with Gasteiger partial charge < -0.3 is 9.16 Å². The molecule has 1 heterocycles. The van der Waals surface area contributed by atoms with Crippen molar-refractivity contribution >= 4 is 25.9 Å². The van der Waals surface area contributed by atoms with Crippen molar-refractivity contribution in [3.8, 4) is 0 Å². The van der Waals surface area contributed by atoms with Crippen LogP contribution in [-0.4, -0.2) is 45.2 Å². The number of nitrogens with one attached hydrogen (secondary N) is 1. The SMILES string of the molecule is C=C[C@H](OC)[C@@H](O[Si](C)(C)C(C)(C)C)[C@H](C)/C=C(/C)[C@H](C)[C@H](C)C(=O)/C=C/CC1CC(=O)NC(=O)C1. The fraction of sp³-hybridized carbons (Fsp3) is 0.690. The van der Waals surface area contributed by atoms with E-state index in [9.17, 15) is 14.4 Å². The maximum Gasteiger partial charge on any atom is 0.226 e. The number of ketones is 1. The molecule has 1 N–H and O–H groups in total. The van der Waals surface area contributed by atoms with Crippen LogP contribution in [0.15, 0.2) is 36.5 Å². The average molecular weight is 520 g/mol. The molecule has 0 aromatic heterocycles.